The van der Waals surface area contributed by atoms with Crippen molar-refractivity contribution < 1.29 is 18.3 Å². The molecule has 1 aromatic carbocycles. The fourth-order valence-corrected chi connectivity index (χ4v) is 6.18. The van der Waals surface area contributed by atoms with E-state index in [4.69, 9.17) is 8.85 Å². The van der Waals surface area contributed by atoms with E-state index in [1.165, 1.54) is 18.3 Å². The van der Waals surface area contributed by atoms with Crippen LogP contribution >= 0.6 is 0 Å². The molecule has 2 aromatic heterocycles. The molecule has 3 fully saturated rings. The summed E-state index contributed by atoms with van der Waals surface area (Å²) >= 11 is 0. The number of nitrogens with one attached hydrogen (secondary N) is 1. The van der Waals surface area contributed by atoms with Crippen LogP contribution < -0.4 is 15.0 Å². The van der Waals surface area contributed by atoms with Crippen LogP contribution in [0.5, 0.6) is 11.6 Å². The normalized spacial score (nSPS) is 30.6. The quantitative estimate of drug-likeness (QED) is 0.509. The van der Waals surface area contributed by atoms with Crippen LogP contribution in [0.15, 0.2) is 36.7 Å². The van der Waals surface area contributed by atoms with Crippen molar-refractivity contribution in [3.8, 4) is 34.0 Å². The number of aromatic nitrogens is 5. The van der Waals surface area contributed by atoms with Crippen molar-refractivity contribution in [1.29, 1.82) is 0 Å². The Morgan fingerprint density at radius 2 is 2.00 bits per heavy atom. The van der Waals surface area contributed by atoms with Gasteiger partial charge in [0.15, 0.2) is 0 Å². The minimum Gasteiger partial charge on any atom is -0.507 e. The fraction of sp³-hybridized carbons (Fsp3) is 0.519. The van der Waals surface area contributed by atoms with Crippen LogP contribution in [0, 0.1) is 0 Å². The van der Waals surface area contributed by atoms with Crippen molar-refractivity contribution in [3.05, 3.63) is 36.7 Å². The number of hydrogen-bond acceptors (Lipinski definition) is 9. The monoisotopic (exact) mass is 508 g/mol. The molecule has 0 unspecified atom stereocenters. The lowest BCUT2D eigenvalue weighted by atomic mass is 9.68. The molecule has 37 heavy (non-hydrogen) atoms. The number of phenols is 1. The van der Waals surface area contributed by atoms with E-state index in [9.17, 15) is 5.11 Å². The second-order valence-corrected chi connectivity index (χ2v) is 11.0. The zero-order valence-electron chi connectivity index (χ0n) is 23.9. The highest BCUT2D eigenvalue weighted by Gasteiger charge is 2.56. The van der Waals surface area contributed by atoms with Crippen molar-refractivity contribution in [2.75, 3.05) is 11.9 Å². The number of ether oxygens (including phenoxy) is 1. The molecule has 2 saturated heterocycles. The van der Waals surface area contributed by atoms with Crippen LogP contribution in [-0.2, 0) is 0 Å². The third-order valence-electron chi connectivity index (χ3n) is 8.04. The van der Waals surface area contributed by atoms with Gasteiger partial charge in [0.05, 0.1) is 29.6 Å². The first-order valence-electron chi connectivity index (χ1n) is 14.2. The van der Waals surface area contributed by atoms with Gasteiger partial charge < -0.3 is 20.1 Å². The van der Waals surface area contributed by atoms with Gasteiger partial charge in [-0.3, -0.25) is 0 Å². The van der Waals surface area contributed by atoms with E-state index in [0.29, 0.717) is 34.8 Å². The Hall–Kier alpha value is -3.40. The van der Waals surface area contributed by atoms with Crippen LogP contribution in [-0.4, -0.2) is 66.9 Å². The Labute approximate surface area is 219 Å². The second kappa shape index (κ2) is 8.86. The first-order valence-corrected chi connectivity index (χ1v) is 12.7. The Morgan fingerprint density at radius 3 is 2.73 bits per heavy atom. The van der Waals surface area contributed by atoms with Gasteiger partial charge in [0.25, 0.3) is 0 Å². The molecule has 0 amide bonds. The first-order chi connectivity index (χ1) is 18.9. The number of anilines is 1. The van der Waals surface area contributed by atoms with Gasteiger partial charge in [-0.15, -0.1) is 15.3 Å². The van der Waals surface area contributed by atoms with Gasteiger partial charge in [0.1, 0.15) is 17.6 Å². The first kappa shape index (κ1) is 20.6. The van der Waals surface area contributed by atoms with Crippen molar-refractivity contribution in [2.24, 2.45) is 0 Å². The number of fused-ring (bicyclic) bond motifs is 2. The predicted molar refractivity (Wildman–Crippen MR) is 137 cm³/mol. The van der Waals surface area contributed by atoms with E-state index in [-0.39, 0.29) is 29.3 Å². The molecule has 2 N–H and O–H groups in total. The van der Waals surface area contributed by atoms with E-state index < -0.39 is 18.7 Å². The lowest BCUT2D eigenvalue weighted by Crippen LogP contribution is -2.73. The molecule has 3 aliphatic rings. The third kappa shape index (κ3) is 4.37. The average molecular weight is 509 g/mol. The van der Waals surface area contributed by atoms with Gasteiger partial charge in [0, 0.05) is 34.3 Å². The Balaban J connectivity index is 1.25. The highest BCUT2D eigenvalue weighted by molar-refractivity contribution is 5.74. The lowest BCUT2D eigenvalue weighted by molar-refractivity contribution is 0.0000874. The summed E-state index contributed by atoms with van der Waals surface area (Å²) in [5.41, 5.74) is 1.20. The largest absolute Gasteiger partial charge is 0.507 e. The van der Waals surface area contributed by atoms with Crippen LogP contribution in [0.2, 0.25) is 0 Å². The molecule has 9 nitrogen and oxygen atoms in total. The molecular weight excluding hydrogens is 473 g/mol. The maximum absolute atomic E-state index is 16.0. The molecule has 10 heteroatoms. The van der Waals surface area contributed by atoms with Crippen LogP contribution in [0.4, 0.5) is 10.3 Å². The standard InChI is InChI=1S/C27H32FN7O2/c1-26-9-4-10-27(2,34-26)24(28)21(13-26)35(18-6-7-18)25-29-15-20(31-33-25)19-8-5-16(11-22(19)36)17-12-23(37-3)32-30-14-17/h5,8,11-12,14-15,18,21,24,34,36H,4,6-7,9-10,13H2,1-3H3/t21-,24-,26-,27+/m1/s1/i3D3. The molecule has 194 valence electrons. The van der Waals surface area contributed by atoms with Crippen LogP contribution in [0.1, 0.15) is 56.5 Å². The molecule has 4 heterocycles. The minimum absolute atomic E-state index is 0.0636. The molecule has 1 saturated carbocycles. The predicted octanol–water partition coefficient (Wildman–Crippen LogP) is 4.08. The highest BCUT2D eigenvalue weighted by Crippen LogP contribution is 2.46. The van der Waals surface area contributed by atoms with Gasteiger partial charge in [-0.1, -0.05) is 6.07 Å². The SMILES string of the molecule is [2H]C([2H])([2H])Oc1cc(-c2ccc(-c3cnc(N(C4CC4)[C@@H]4C[C@@]5(C)CCC[C@](C)(N5)[C@@H]4F)nn3)c(O)c2)cnn1. The van der Waals surface area contributed by atoms with Crippen molar-refractivity contribution in [2.45, 2.75) is 81.7 Å². The molecule has 0 spiro atoms. The van der Waals surface area contributed by atoms with Gasteiger partial charge in [-0.25, -0.2) is 9.37 Å². The number of methoxy groups -OCH3 is 1. The Bertz CT molecular complexity index is 1410. The number of benzene rings is 1. The van der Waals surface area contributed by atoms with Crippen molar-refractivity contribution >= 4 is 5.95 Å². The molecule has 1 aliphatic carbocycles. The average Bonchev–Trinajstić information content (AvgIpc) is 3.72. The molecule has 0 radical (unpaired) electrons. The number of alkyl halides is 1. The number of nitrogens with zero attached hydrogens (tertiary/aromatic N) is 6. The maximum atomic E-state index is 16.0. The molecule has 6 rings (SSSR count). The number of phenolic OH excluding ortho intramolecular Hbond substituents is 1. The van der Waals surface area contributed by atoms with Gasteiger partial charge in [-0.05, 0) is 70.1 Å². The number of rotatable bonds is 6. The summed E-state index contributed by atoms with van der Waals surface area (Å²) in [4.78, 5) is 6.64. The van der Waals surface area contributed by atoms with Crippen LogP contribution in [0.25, 0.3) is 22.4 Å². The number of hydrogen-bond donors (Lipinski definition) is 2. The third-order valence-corrected chi connectivity index (χ3v) is 8.04. The molecule has 4 atom stereocenters. The zero-order valence-corrected chi connectivity index (χ0v) is 20.9. The maximum Gasteiger partial charge on any atom is 0.245 e. The van der Waals surface area contributed by atoms with Crippen LogP contribution in [0.3, 0.4) is 0 Å². The summed E-state index contributed by atoms with van der Waals surface area (Å²) in [6, 6.07) is 6.22. The summed E-state index contributed by atoms with van der Waals surface area (Å²) in [7, 11) is -2.65. The van der Waals surface area contributed by atoms with Crippen molar-refractivity contribution in [1.82, 2.24) is 30.7 Å². The van der Waals surface area contributed by atoms with E-state index >= 15 is 4.39 Å². The van der Waals surface area contributed by atoms with Gasteiger partial charge in [-0.2, -0.15) is 5.10 Å². The minimum atomic E-state index is -2.65. The number of piperidine rings is 2. The smallest absolute Gasteiger partial charge is 0.245 e. The number of halogens is 1. The lowest BCUT2D eigenvalue weighted by Gasteiger charge is -2.57. The zero-order chi connectivity index (χ0) is 28.3. The number of aromatic hydroxyl groups is 1. The summed E-state index contributed by atoms with van der Waals surface area (Å²) < 4.78 is 42.6. The molecule has 3 aromatic rings. The Morgan fingerprint density at radius 1 is 1.14 bits per heavy atom. The van der Waals surface area contributed by atoms with Gasteiger partial charge >= 0.3 is 0 Å². The van der Waals surface area contributed by atoms with E-state index in [1.807, 2.05) is 11.8 Å². The van der Waals surface area contributed by atoms with E-state index in [0.717, 1.165) is 32.1 Å². The Kier molecular flexibility index (Phi) is 4.94. The molecular formula is C27H32FN7O2. The fourth-order valence-electron chi connectivity index (χ4n) is 6.18. The summed E-state index contributed by atoms with van der Waals surface area (Å²) in [5, 5.41) is 30.7. The second-order valence-electron chi connectivity index (χ2n) is 11.0. The summed E-state index contributed by atoms with van der Waals surface area (Å²) in [5.74, 6) is 0.195. The highest BCUT2D eigenvalue weighted by atomic mass is 19.1. The molecule has 2 aliphatic heterocycles. The van der Waals surface area contributed by atoms with E-state index in [1.54, 1.807) is 18.3 Å². The van der Waals surface area contributed by atoms with Crippen molar-refractivity contribution in [3.63, 3.8) is 0 Å². The topological polar surface area (TPSA) is 109 Å². The molecule has 2 bridgehead atoms. The summed E-state index contributed by atoms with van der Waals surface area (Å²) in [6.45, 7) is 4.18. The summed E-state index contributed by atoms with van der Waals surface area (Å²) in [6.07, 6.45) is 7.39. The van der Waals surface area contributed by atoms with E-state index in [2.05, 4.69) is 37.6 Å². The van der Waals surface area contributed by atoms with Gasteiger partial charge in [0.2, 0.25) is 11.8 Å².